The highest BCUT2D eigenvalue weighted by Crippen LogP contribution is 2.37. The minimum atomic E-state index is -0.685. The fraction of sp³-hybridized carbons (Fsp3) is 0.261. The van der Waals surface area contributed by atoms with E-state index in [9.17, 15) is 14.7 Å². The van der Waals surface area contributed by atoms with E-state index in [-0.39, 0.29) is 17.7 Å². The third-order valence-corrected chi connectivity index (χ3v) is 5.38. The molecule has 0 unspecified atom stereocenters. The Morgan fingerprint density at radius 2 is 1.84 bits per heavy atom. The Kier molecular flexibility index (Phi) is 7.25. The molecule has 1 heterocycles. The number of aromatic nitrogens is 1. The fourth-order valence-electron chi connectivity index (χ4n) is 3.08. The summed E-state index contributed by atoms with van der Waals surface area (Å²) in [4.78, 5) is 27.8. The van der Waals surface area contributed by atoms with Crippen LogP contribution in [0.15, 0.2) is 35.7 Å². The van der Waals surface area contributed by atoms with Crippen molar-refractivity contribution in [3.05, 3.63) is 46.8 Å². The molecule has 31 heavy (non-hydrogen) atoms. The SMILES string of the molecule is CCOc1ccc(-c2nc(-c3cc(CC=O)c(O)c(C(=O)OC)c3)cs2)cc1OCC. The van der Waals surface area contributed by atoms with E-state index < -0.39 is 5.97 Å². The number of carbonyl (C=O) groups is 2. The average Bonchev–Trinajstić information content (AvgIpc) is 3.26. The van der Waals surface area contributed by atoms with E-state index in [1.165, 1.54) is 24.5 Å². The summed E-state index contributed by atoms with van der Waals surface area (Å²) in [7, 11) is 1.23. The second kappa shape index (κ2) is 10.1. The molecule has 1 aromatic heterocycles. The van der Waals surface area contributed by atoms with Crippen LogP contribution in [0.4, 0.5) is 0 Å². The summed E-state index contributed by atoms with van der Waals surface area (Å²) < 4.78 is 16.1. The molecular weight excluding hydrogens is 418 g/mol. The zero-order valence-corrected chi connectivity index (χ0v) is 18.3. The lowest BCUT2D eigenvalue weighted by Crippen LogP contribution is -2.04. The number of benzene rings is 2. The highest BCUT2D eigenvalue weighted by molar-refractivity contribution is 7.13. The summed E-state index contributed by atoms with van der Waals surface area (Å²) in [6.07, 6.45) is 0.638. The van der Waals surface area contributed by atoms with Gasteiger partial charge in [-0.05, 0) is 44.2 Å². The van der Waals surface area contributed by atoms with Gasteiger partial charge in [-0.3, -0.25) is 0 Å². The molecule has 0 fully saturated rings. The molecule has 7 nitrogen and oxygen atoms in total. The van der Waals surface area contributed by atoms with E-state index in [0.717, 1.165) is 10.6 Å². The van der Waals surface area contributed by atoms with Crippen molar-refractivity contribution in [1.82, 2.24) is 4.98 Å². The number of hydrogen-bond acceptors (Lipinski definition) is 8. The van der Waals surface area contributed by atoms with Gasteiger partial charge in [0, 0.05) is 28.5 Å². The summed E-state index contributed by atoms with van der Waals surface area (Å²) in [6.45, 7) is 4.86. The standard InChI is InChI=1S/C23H23NO6S/c1-4-29-19-7-6-15(12-20(19)30-5-2)22-24-18(13-31-22)16-10-14(8-9-25)21(26)17(11-16)23(27)28-3/h6-7,9-13,26H,4-5,8H2,1-3H3. The monoisotopic (exact) mass is 441 g/mol. The molecule has 1 N–H and O–H groups in total. The van der Waals surface area contributed by atoms with Crippen LogP contribution in [0.25, 0.3) is 21.8 Å². The van der Waals surface area contributed by atoms with Crippen LogP contribution in [0, 0.1) is 0 Å². The molecule has 0 spiro atoms. The van der Waals surface area contributed by atoms with Crippen molar-refractivity contribution in [2.45, 2.75) is 20.3 Å². The smallest absolute Gasteiger partial charge is 0.341 e. The quantitative estimate of drug-likeness (QED) is 0.386. The molecule has 3 rings (SSSR count). The van der Waals surface area contributed by atoms with Crippen LogP contribution in [0.5, 0.6) is 17.2 Å². The normalized spacial score (nSPS) is 10.5. The Balaban J connectivity index is 2.02. The number of phenolic OH excluding ortho intramolecular Hbond substituents is 1. The molecule has 8 heteroatoms. The van der Waals surface area contributed by atoms with Crippen molar-refractivity contribution in [2.75, 3.05) is 20.3 Å². The third-order valence-electron chi connectivity index (χ3n) is 4.49. The third kappa shape index (κ3) is 4.86. The first kappa shape index (κ1) is 22.3. The Morgan fingerprint density at radius 3 is 2.52 bits per heavy atom. The summed E-state index contributed by atoms with van der Waals surface area (Å²) in [5, 5.41) is 12.9. The fourth-order valence-corrected chi connectivity index (χ4v) is 3.90. The van der Waals surface area contributed by atoms with Gasteiger partial charge in [-0.15, -0.1) is 11.3 Å². The highest BCUT2D eigenvalue weighted by Gasteiger charge is 2.19. The van der Waals surface area contributed by atoms with Gasteiger partial charge in [0.2, 0.25) is 0 Å². The van der Waals surface area contributed by atoms with Crippen molar-refractivity contribution >= 4 is 23.6 Å². The van der Waals surface area contributed by atoms with Gasteiger partial charge < -0.3 is 24.1 Å². The van der Waals surface area contributed by atoms with Crippen molar-refractivity contribution < 1.29 is 28.9 Å². The van der Waals surface area contributed by atoms with Crippen LogP contribution in [-0.4, -0.2) is 42.7 Å². The number of nitrogens with zero attached hydrogens (tertiary/aromatic N) is 1. The second-order valence-electron chi connectivity index (χ2n) is 6.46. The lowest BCUT2D eigenvalue weighted by atomic mass is 10.0. The average molecular weight is 442 g/mol. The zero-order valence-electron chi connectivity index (χ0n) is 17.5. The molecule has 0 amide bonds. The summed E-state index contributed by atoms with van der Waals surface area (Å²) in [5.41, 5.74) is 2.41. The van der Waals surface area contributed by atoms with Gasteiger partial charge in [-0.1, -0.05) is 0 Å². The maximum absolute atomic E-state index is 12.1. The van der Waals surface area contributed by atoms with Crippen molar-refractivity contribution in [3.63, 3.8) is 0 Å². The zero-order chi connectivity index (χ0) is 22.4. The molecule has 0 aliphatic carbocycles. The number of aromatic hydroxyl groups is 1. The number of methoxy groups -OCH3 is 1. The Labute approximate surface area is 184 Å². The van der Waals surface area contributed by atoms with Gasteiger partial charge in [0.05, 0.1) is 26.0 Å². The first-order valence-corrected chi connectivity index (χ1v) is 10.6. The molecule has 0 atom stereocenters. The molecule has 3 aromatic rings. The van der Waals surface area contributed by atoms with Gasteiger partial charge in [-0.25, -0.2) is 9.78 Å². The van der Waals surface area contributed by atoms with Crippen LogP contribution < -0.4 is 9.47 Å². The predicted molar refractivity (Wildman–Crippen MR) is 118 cm³/mol. The molecule has 0 saturated heterocycles. The Bertz CT molecular complexity index is 1090. The molecule has 2 aromatic carbocycles. The number of esters is 1. The van der Waals surface area contributed by atoms with Crippen LogP contribution >= 0.6 is 11.3 Å². The number of phenols is 1. The number of hydrogen-bond donors (Lipinski definition) is 1. The summed E-state index contributed by atoms with van der Waals surface area (Å²) in [6, 6.07) is 8.80. The van der Waals surface area contributed by atoms with Crippen LogP contribution in [0.1, 0.15) is 29.8 Å². The lowest BCUT2D eigenvalue weighted by molar-refractivity contribution is -0.107. The molecule has 0 radical (unpaired) electrons. The highest BCUT2D eigenvalue weighted by atomic mass is 32.1. The Hall–Kier alpha value is -3.39. The molecule has 0 aliphatic rings. The predicted octanol–water partition coefficient (Wildman–Crippen LogP) is 4.51. The van der Waals surface area contributed by atoms with Crippen LogP contribution in [0.2, 0.25) is 0 Å². The first-order chi connectivity index (χ1) is 15.0. The minimum absolute atomic E-state index is 0.00824. The summed E-state index contributed by atoms with van der Waals surface area (Å²) in [5.74, 6) is 0.370. The van der Waals surface area contributed by atoms with Gasteiger partial charge in [0.25, 0.3) is 0 Å². The second-order valence-corrected chi connectivity index (χ2v) is 7.32. The minimum Gasteiger partial charge on any atom is -0.507 e. The first-order valence-electron chi connectivity index (χ1n) is 9.76. The largest absolute Gasteiger partial charge is 0.507 e. The van der Waals surface area contributed by atoms with E-state index in [1.807, 2.05) is 37.4 Å². The Morgan fingerprint density at radius 1 is 1.10 bits per heavy atom. The van der Waals surface area contributed by atoms with E-state index >= 15 is 0 Å². The van der Waals surface area contributed by atoms with Crippen molar-refractivity contribution in [2.24, 2.45) is 0 Å². The van der Waals surface area contributed by atoms with Crippen LogP contribution in [0.3, 0.4) is 0 Å². The van der Waals surface area contributed by atoms with E-state index in [2.05, 4.69) is 4.98 Å². The molecule has 0 aliphatic heterocycles. The number of ether oxygens (including phenoxy) is 3. The van der Waals surface area contributed by atoms with Gasteiger partial charge in [0.15, 0.2) is 11.5 Å². The molecule has 162 valence electrons. The van der Waals surface area contributed by atoms with E-state index in [1.54, 1.807) is 6.07 Å². The molecular formula is C23H23NO6S. The number of carbonyl (C=O) groups excluding carboxylic acids is 2. The maximum Gasteiger partial charge on any atom is 0.341 e. The number of thiazole rings is 1. The van der Waals surface area contributed by atoms with Crippen molar-refractivity contribution in [1.29, 1.82) is 0 Å². The van der Waals surface area contributed by atoms with Crippen LogP contribution in [-0.2, 0) is 16.0 Å². The number of aldehydes is 1. The van der Waals surface area contributed by atoms with Gasteiger partial charge >= 0.3 is 5.97 Å². The topological polar surface area (TPSA) is 95.0 Å². The van der Waals surface area contributed by atoms with E-state index in [4.69, 9.17) is 14.2 Å². The maximum atomic E-state index is 12.1. The van der Waals surface area contributed by atoms with Gasteiger partial charge in [-0.2, -0.15) is 0 Å². The van der Waals surface area contributed by atoms with E-state index in [0.29, 0.717) is 47.8 Å². The lowest BCUT2D eigenvalue weighted by Gasteiger charge is -2.11. The summed E-state index contributed by atoms with van der Waals surface area (Å²) >= 11 is 1.43. The molecule has 0 bridgehead atoms. The number of rotatable bonds is 9. The van der Waals surface area contributed by atoms with Crippen molar-refractivity contribution in [3.8, 4) is 39.1 Å². The molecule has 0 saturated carbocycles. The van der Waals surface area contributed by atoms with Gasteiger partial charge in [0.1, 0.15) is 22.6 Å².